The van der Waals surface area contributed by atoms with E-state index in [4.69, 9.17) is 10.2 Å². The van der Waals surface area contributed by atoms with Crippen LogP contribution in [0, 0.1) is 0 Å². The number of benzene rings is 1. The summed E-state index contributed by atoms with van der Waals surface area (Å²) >= 11 is 0. The standard InChI is InChI=1S/C12H17NO2S.C4H4O4/c14-16(15,12-6-8-13-9-7-12)10-11-4-2-1-3-5-11;5-3(6)1-2-4(7)8/h1-5,12-13H,6-10H2;1-2H,(H,5,6)(H,7,8). The van der Waals surface area contributed by atoms with Crippen molar-refractivity contribution in [1.29, 1.82) is 0 Å². The van der Waals surface area contributed by atoms with Gasteiger partial charge in [0.2, 0.25) is 0 Å². The van der Waals surface area contributed by atoms with Crippen LogP contribution < -0.4 is 5.32 Å². The fourth-order valence-corrected chi connectivity index (χ4v) is 4.07. The maximum atomic E-state index is 12.1. The Bertz CT molecular complexity index is 647. The summed E-state index contributed by atoms with van der Waals surface area (Å²) in [4.78, 5) is 19.1. The number of rotatable bonds is 5. The third-order valence-electron chi connectivity index (χ3n) is 3.37. The topological polar surface area (TPSA) is 121 Å². The van der Waals surface area contributed by atoms with Crippen LogP contribution in [0.3, 0.4) is 0 Å². The lowest BCUT2D eigenvalue weighted by Crippen LogP contribution is -2.36. The first-order chi connectivity index (χ1) is 11.3. The highest BCUT2D eigenvalue weighted by molar-refractivity contribution is 7.91. The van der Waals surface area contributed by atoms with Crippen molar-refractivity contribution >= 4 is 21.8 Å². The van der Waals surface area contributed by atoms with Crippen molar-refractivity contribution in [2.24, 2.45) is 0 Å². The molecule has 0 unspecified atom stereocenters. The van der Waals surface area contributed by atoms with E-state index in [0.717, 1.165) is 31.5 Å². The molecule has 132 valence electrons. The van der Waals surface area contributed by atoms with Gasteiger partial charge in [-0.3, -0.25) is 0 Å². The maximum absolute atomic E-state index is 12.1. The second kappa shape index (κ2) is 9.84. The molecule has 1 saturated heterocycles. The van der Waals surface area contributed by atoms with E-state index in [9.17, 15) is 18.0 Å². The molecule has 0 aliphatic carbocycles. The Morgan fingerprint density at radius 2 is 1.54 bits per heavy atom. The van der Waals surface area contributed by atoms with Gasteiger partial charge in [-0.05, 0) is 31.5 Å². The number of hydrogen-bond acceptors (Lipinski definition) is 5. The predicted octanol–water partition coefficient (Wildman–Crippen LogP) is 1.07. The van der Waals surface area contributed by atoms with Gasteiger partial charge < -0.3 is 15.5 Å². The summed E-state index contributed by atoms with van der Waals surface area (Å²) in [5, 5.41) is 18.7. The summed E-state index contributed by atoms with van der Waals surface area (Å²) in [6, 6.07) is 9.42. The van der Waals surface area contributed by atoms with Gasteiger partial charge in [-0.2, -0.15) is 0 Å². The third kappa shape index (κ3) is 7.89. The van der Waals surface area contributed by atoms with E-state index in [2.05, 4.69) is 5.32 Å². The van der Waals surface area contributed by atoms with Crippen LogP contribution in [0.15, 0.2) is 42.5 Å². The molecule has 1 aromatic carbocycles. The monoisotopic (exact) mass is 355 g/mol. The van der Waals surface area contributed by atoms with Crippen LogP contribution in [-0.4, -0.2) is 48.9 Å². The number of aliphatic carboxylic acids is 2. The van der Waals surface area contributed by atoms with Crippen LogP contribution in [0.4, 0.5) is 0 Å². The molecule has 1 aliphatic heterocycles. The Hall–Kier alpha value is -2.19. The average molecular weight is 355 g/mol. The quantitative estimate of drug-likeness (QED) is 0.675. The molecule has 0 spiro atoms. The number of carboxylic acid groups (broad SMARTS) is 2. The molecule has 0 aromatic heterocycles. The molecule has 8 heteroatoms. The van der Waals surface area contributed by atoms with Crippen LogP contribution in [0.1, 0.15) is 18.4 Å². The summed E-state index contributed by atoms with van der Waals surface area (Å²) in [5.74, 6) is -2.34. The Morgan fingerprint density at radius 1 is 1.04 bits per heavy atom. The van der Waals surface area contributed by atoms with E-state index in [1.807, 2.05) is 30.3 Å². The van der Waals surface area contributed by atoms with Gasteiger partial charge in [0.1, 0.15) is 0 Å². The van der Waals surface area contributed by atoms with Gasteiger partial charge in [0.25, 0.3) is 0 Å². The van der Waals surface area contributed by atoms with E-state index < -0.39 is 21.8 Å². The molecule has 3 N–H and O–H groups in total. The minimum Gasteiger partial charge on any atom is -0.478 e. The summed E-state index contributed by atoms with van der Waals surface area (Å²) < 4.78 is 24.3. The molecular weight excluding hydrogens is 334 g/mol. The van der Waals surface area contributed by atoms with Crippen molar-refractivity contribution in [2.45, 2.75) is 23.8 Å². The Kier molecular flexibility index (Phi) is 8.14. The van der Waals surface area contributed by atoms with E-state index in [-0.39, 0.29) is 11.0 Å². The van der Waals surface area contributed by atoms with Crippen molar-refractivity contribution in [1.82, 2.24) is 5.32 Å². The molecule has 1 fully saturated rings. The molecule has 1 aliphatic rings. The summed E-state index contributed by atoms with van der Waals surface area (Å²) in [6.07, 6.45) is 2.61. The lowest BCUT2D eigenvalue weighted by Gasteiger charge is -2.22. The fourth-order valence-electron chi connectivity index (χ4n) is 2.22. The highest BCUT2D eigenvalue weighted by Crippen LogP contribution is 2.18. The molecule has 7 nitrogen and oxygen atoms in total. The van der Waals surface area contributed by atoms with Crippen LogP contribution in [0.25, 0.3) is 0 Å². The van der Waals surface area contributed by atoms with Crippen LogP contribution in [0.5, 0.6) is 0 Å². The zero-order valence-electron chi connectivity index (χ0n) is 13.1. The van der Waals surface area contributed by atoms with Crippen molar-refractivity contribution in [2.75, 3.05) is 13.1 Å². The predicted molar refractivity (Wildman–Crippen MR) is 89.4 cm³/mol. The van der Waals surface area contributed by atoms with Crippen LogP contribution in [0.2, 0.25) is 0 Å². The lowest BCUT2D eigenvalue weighted by molar-refractivity contribution is -0.134. The number of carboxylic acids is 2. The highest BCUT2D eigenvalue weighted by atomic mass is 32.2. The van der Waals surface area contributed by atoms with Crippen molar-refractivity contribution in [3.8, 4) is 0 Å². The van der Waals surface area contributed by atoms with Gasteiger partial charge in [-0.1, -0.05) is 30.3 Å². The molecule has 2 rings (SSSR count). The Morgan fingerprint density at radius 3 is 2.00 bits per heavy atom. The fraction of sp³-hybridized carbons (Fsp3) is 0.375. The van der Waals surface area contributed by atoms with Crippen molar-refractivity contribution < 1.29 is 28.2 Å². The average Bonchev–Trinajstić information content (AvgIpc) is 2.55. The molecule has 24 heavy (non-hydrogen) atoms. The summed E-state index contributed by atoms with van der Waals surface area (Å²) in [6.45, 7) is 1.64. The number of piperidine rings is 1. The molecule has 0 amide bonds. The third-order valence-corrected chi connectivity index (χ3v) is 5.60. The van der Waals surface area contributed by atoms with Crippen LogP contribution >= 0.6 is 0 Å². The number of carbonyl (C=O) groups is 2. The zero-order chi connectivity index (χ0) is 18.0. The normalized spacial score (nSPS) is 15.5. The largest absolute Gasteiger partial charge is 0.478 e. The second-order valence-electron chi connectivity index (χ2n) is 5.25. The Labute approximate surface area is 140 Å². The van der Waals surface area contributed by atoms with Crippen LogP contribution in [-0.2, 0) is 25.2 Å². The van der Waals surface area contributed by atoms with Crippen molar-refractivity contribution in [3.05, 3.63) is 48.0 Å². The molecule has 0 radical (unpaired) electrons. The van der Waals surface area contributed by atoms with Gasteiger partial charge in [-0.25, -0.2) is 18.0 Å². The molecule has 1 heterocycles. The molecule has 0 atom stereocenters. The SMILES string of the molecule is O=C(O)C=CC(=O)O.O=S(=O)(Cc1ccccc1)C1CCNCC1. The first-order valence-corrected chi connectivity index (χ1v) is 9.13. The van der Waals surface area contributed by atoms with Gasteiger partial charge >= 0.3 is 11.9 Å². The van der Waals surface area contributed by atoms with E-state index in [1.54, 1.807) is 0 Å². The van der Waals surface area contributed by atoms with E-state index >= 15 is 0 Å². The first-order valence-electron chi connectivity index (χ1n) is 7.41. The van der Waals surface area contributed by atoms with Gasteiger partial charge in [0.15, 0.2) is 9.84 Å². The smallest absolute Gasteiger partial charge is 0.328 e. The van der Waals surface area contributed by atoms with E-state index in [0.29, 0.717) is 12.2 Å². The minimum atomic E-state index is -2.98. The number of nitrogens with one attached hydrogen (secondary N) is 1. The summed E-state index contributed by atoms with van der Waals surface area (Å²) in [7, 11) is -2.98. The maximum Gasteiger partial charge on any atom is 0.328 e. The minimum absolute atomic E-state index is 0.158. The molecular formula is C16H21NO6S. The summed E-state index contributed by atoms with van der Waals surface area (Å²) in [5.41, 5.74) is 0.890. The number of hydrogen-bond donors (Lipinski definition) is 3. The molecule has 0 bridgehead atoms. The first kappa shape index (κ1) is 19.9. The highest BCUT2D eigenvalue weighted by Gasteiger charge is 2.26. The lowest BCUT2D eigenvalue weighted by atomic mass is 10.2. The Balaban J connectivity index is 0.000000307. The second-order valence-corrected chi connectivity index (χ2v) is 7.53. The molecule has 1 aromatic rings. The van der Waals surface area contributed by atoms with E-state index in [1.165, 1.54) is 0 Å². The zero-order valence-corrected chi connectivity index (χ0v) is 13.9. The number of sulfone groups is 1. The van der Waals surface area contributed by atoms with Gasteiger partial charge in [0, 0.05) is 12.2 Å². The van der Waals surface area contributed by atoms with Crippen molar-refractivity contribution in [3.63, 3.8) is 0 Å². The van der Waals surface area contributed by atoms with Gasteiger partial charge in [-0.15, -0.1) is 0 Å². The molecule has 0 saturated carbocycles. The van der Waals surface area contributed by atoms with Gasteiger partial charge in [0.05, 0.1) is 11.0 Å².